The van der Waals surface area contributed by atoms with E-state index >= 15 is 0 Å². The zero-order valence-electron chi connectivity index (χ0n) is 19.8. The number of unbranched alkanes of at least 4 members (excludes halogenated alkanes) is 1. The van der Waals surface area contributed by atoms with E-state index in [9.17, 15) is 19.2 Å². The number of ether oxygens (including phenoxy) is 1. The number of fused-ring (bicyclic) bond motifs is 1. The van der Waals surface area contributed by atoms with Crippen LogP contribution in [0.4, 0.5) is 0 Å². The second-order valence-corrected chi connectivity index (χ2v) is 10.1. The number of nitrogens with zero attached hydrogens (tertiary/aromatic N) is 2. The van der Waals surface area contributed by atoms with Gasteiger partial charge in [0, 0.05) is 22.2 Å². The molecule has 1 N–H and O–H groups in total. The van der Waals surface area contributed by atoms with Crippen LogP contribution in [0.25, 0.3) is 10.8 Å². The molecule has 1 aromatic carbocycles. The van der Waals surface area contributed by atoms with Gasteiger partial charge >= 0.3 is 5.97 Å². The smallest absolute Gasteiger partial charge is 0.359 e. The van der Waals surface area contributed by atoms with Crippen LogP contribution in [0.1, 0.15) is 65.6 Å². The quantitative estimate of drug-likeness (QED) is 0.365. The molecule has 3 rings (SSSR count). The minimum Gasteiger partial charge on any atom is -0.452 e. The highest BCUT2D eigenvalue weighted by molar-refractivity contribution is 7.14. The number of esters is 1. The van der Waals surface area contributed by atoms with Crippen molar-refractivity contribution in [3.63, 3.8) is 0 Å². The Morgan fingerprint density at radius 1 is 1.09 bits per heavy atom. The van der Waals surface area contributed by atoms with Gasteiger partial charge in [0.05, 0.1) is 16.8 Å². The number of carbonyl (C=O) groups excluding carboxylic acids is 3. The fourth-order valence-electron chi connectivity index (χ4n) is 3.17. The molecule has 0 aliphatic rings. The molecule has 2 aromatic heterocycles. The summed E-state index contributed by atoms with van der Waals surface area (Å²) in [5.74, 6) is -1.19. The maximum absolute atomic E-state index is 12.8. The predicted molar refractivity (Wildman–Crippen MR) is 131 cm³/mol. The van der Waals surface area contributed by atoms with Crippen molar-refractivity contribution >= 4 is 39.8 Å². The minimum atomic E-state index is -0.760. The largest absolute Gasteiger partial charge is 0.452 e. The van der Waals surface area contributed by atoms with Crippen molar-refractivity contribution in [3.05, 3.63) is 62.2 Å². The zero-order valence-corrected chi connectivity index (χ0v) is 20.7. The maximum Gasteiger partial charge on any atom is 0.359 e. The van der Waals surface area contributed by atoms with E-state index in [1.54, 1.807) is 36.4 Å². The average Bonchev–Trinajstić information content (AvgIpc) is 3.29. The Balaban J connectivity index is 1.70. The maximum atomic E-state index is 12.8. The van der Waals surface area contributed by atoms with Crippen LogP contribution >= 0.6 is 11.3 Å². The van der Waals surface area contributed by atoms with Crippen LogP contribution in [0.3, 0.4) is 0 Å². The first-order valence-corrected chi connectivity index (χ1v) is 12.0. The molecule has 8 nitrogen and oxygen atoms in total. The fraction of sp³-hybridized carbons (Fsp3) is 0.400. The summed E-state index contributed by atoms with van der Waals surface area (Å²) in [4.78, 5) is 51.4. The summed E-state index contributed by atoms with van der Waals surface area (Å²) in [5, 5.41) is 7.85. The first-order valence-electron chi connectivity index (χ1n) is 11.2. The molecule has 0 aliphatic carbocycles. The van der Waals surface area contributed by atoms with E-state index < -0.39 is 18.0 Å². The Morgan fingerprint density at radius 2 is 1.79 bits per heavy atom. The van der Waals surface area contributed by atoms with E-state index in [0.717, 1.165) is 17.7 Å². The third-order valence-electron chi connectivity index (χ3n) is 5.16. The van der Waals surface area contributed by atoms with Gasteiger partial charge in [-0.25, -0.2) is 9.48 Å². The third kappa shape index (κ3) is 5.96. The number of aryl methyl sites for hydroxylation is 1. The Bertz CT molecular complexity index is 1270. The van der Waals surface area contributed by atoms with Crippen molar-refractivity contribution in [2.45, 2.75) is 53.6 Å². The van der Waals surface area contributed by atoms with Crippen LogP contribution in [0, 0.1) is 5.41 Å². The topological polar surface area (TPSA) is 107 Å². The first kappa shape index (κ1) is 25.3. The van der Waals surface area contributed by atoms with E-state index in [1.807, 2.05) is 27.7 Å². The Hall–Kier alpha value is -3.33. The molecule has 3 aromatic rings. The van der Waals surface area contributed by atoms with Gasteiger partial charge in [-0.3, -0.25) is 14.4 Å². The van der Waals surface area contributed by atoms with Crippen LogP contribution in [-0.2, 0) is 22.6 Å². The van der Waals surface area contributed by atoms with Crippen LogP contribution in [0.15, 0.2) is 41.2 Å². The van der Waals surface area contributed by atoms with Crippen molar-refractivity contribution in [1.82, 2.24) is 15.1 Å². The molecule has 0 saturated carbocycles. The first-order chi connectivity index (χ1) is 16.1. The molecule has 0 spiro atoms. The lowest BCUT2D eigenvalue weighted by molar-refractivity contribution is -0.128. The highest BCUT2D eigenvalue weighted by Gasteiger charge is 2.22. The van der Waals surface area contributed by atoms with Gasteiger partial charge in [-0.2, -0.15) is 5.10 Å². The van der Waals surface area contributed by atoms with Crippen molar-refractivity contribution in [3.8, 4) is 0 Å². The molecule has 0 atom stereocenters. The molecule has 0 unspecified atom stereocenters. The Morgan fingerprint density at radius 3 is 2.47 bits per heavy atom. The van der Waals surface area contributed by atoms with Gasteiger partial charge in [-0.05, 0) is 24.6 Å². The minimum absolute atomic E-state index is 0.0101. The van der Waals surface area contributed by atoms with Crippen LogP contribution < -0.4 is 10.9 Å². The predicted octanol–water partition coefficient (Wildman–Crippen LogP) is 3.96. The van der Waals surface area contributed by atoms with Gasteiger partial charge in [-0.1, -0.05) is 52.3 Å². The van der Waals surface area contributed by atoms with Crippen molar-refractivity contribution in [2.75, 3.05) is 6.61 Å². The average molecular weight is 484 g/mol. The number of amides is 1. The van der Waals surface area contributed by atoms with Crippen molar-refractivity contribution in [1.29, 1.82) is 0 Å². The molecule has 0 radical (unpaired) electrons. The number of aromatic nitrogens is 2. The Kier molecular flexibility index (Phi) is 7.98. The number of rotatable bonds is 9. The number of hydrogen-bond acceptors (Lipinski definition) is 7. The van der Waals surface area contributed by atoms with Gasteiger partial charge in [-0.15, -0.1) is 11.3 Å². The molecule has 0 bridgehead atoms. The van der Waals surface area contributed by atoms with E-state index in [0.29, 0.717) is 28.7 Å². The molecule has 1 amide bonds. The molecule has 0 aliphatic heterocycles. The lowest BCUT2D eigenvalue weighted by Gasteiger charge is -2.17. The second-order valence-electron chi connectivity index (χ2n) is 8.97. The number of hydrogen-bond donors (Lipinski definition) is 1. The van der Waals surface area contributed by atoms with Crippen molar-refractivity contribution in [2.24, 2.45) is 5.41 Å². The lowest BCUT2D eigenvalue weighted by atomic mass is 9.96. The van der Waals surface area contributed by atoms with Gasteiger partial charge in [0.25, 0.3) is 5.56 Å². The molecular weight excluding hydrogens is 454 g/mol. The molecule has 34 heavy (non-hydrogen) atoms. The van der Waals surface area contributed by atoms with Gasteiger partial charge in [0.1, 0.15) is 0 Å². The van der Waals surface area contributed by atoms with Crippen molar-refractivity contribution < 1.29 is 19.1 Å². The van der Waals surface area contributed by atoms with Crippen LogP contribution in [-0.4, -0.2) is 34.0 Å². The number of benzene rings is 1. The molecule has 0 fully saturated rings. The molecular formula is C25H29N3O5S. The van der Waals surface area contributed by atoms with E-state index in [4.69, 9.17) is 4.74 Å². The monoisotopic (exact) mass is 483 g/mol. The molecule has 180 valence electrons. The molecule has 0 saturated heterocycles. The summed E-state index contributed by atoms with van der Waals surface area (Å²) < 4.78 is 6.55. The van der Waals surface area contributed by atoms with E-state index in [2.05, 4.69) is 10.4 Å². The number of carbonyl (C=O) groups is 3. The highest BCUT2D eigenvalue weighted by atomic mass is 32.1. The summed E-state index contributed by atoms with van der Waals surface area (Å²) in [6.07, 6.45) is 1.62. The lowest BCUT2D eigenvalue weighted by Crippen LogP contribution is -2.34. The summed E-state index contributed by atoms with van der Waals surface area (Å²) >= 11 is 1.24. The zero-order chi connectivity index (χ0) is 24.9. The number of thiophene rings is 1. The third-order valence-corrected chi connectivity index (χ3v) is 6.29. The van der Waals surface area contributed by atoms with Gasteiger partial charge < -0.3 is 10.1 Å². The summed E-state index contributed by atoms with van der Waals surface area (Å²) in [7, 11) is 0. The molecule has 9 heteroatoms. The van der Waals surface area contributed by atoms with E-state index in [1.165, 1.54) is 16.0 Å². The van der Waals surface area contributed by atoms with Crippen LogP contribution in [0.5, 0.6) is 0 Å². The Labute approximate surface area is 201 Å². The fourth-order valence-corrected chi connectivity index (χ4v) is 4.04. The standard InChI is InChI=1S/C25H29N3O5S/c1-5-6-13-28-22(30)18-10-8-7-9-17(18)21(27-28)23(31)33-15-19(29)20-12-11-16(34-20)14-26-24(32)25(2,3)4/h7-12H,5-6,13-15H2,1-4H3,(H,26,32). The second kappa shape index (κ2) is 10.7. The van der Waals surface area contributed by atoms with Gasteiger partial charge in [0.15, 0.2) is 12.3 Å². The van der Waals surface area contributed by atoms with E-state index in [-0.39, 0.29) is 22.9 Å². The van der Waals surface area contributed by atoms with Gasteiger partial charge in [0.2, 0.25) is 11.7 Å². The van der Waals surface area contributed by atoms with Crippen LogP contribution in [0.2, 0.25) is 0 Å². The highest BCUT2D eigenvalue weighted by Crippen LogP contribution is 2.19. The molecule has 2 heterocycles. The summed E-state index contributed by atoms with van der Waals surface area (Å²) in [6.45, 7) is 7.75. The summed E-state index contributed by atoms with van der Waals surface area (Å²) in [6, 6.07) is 10.1. The summed E-state index contributed by atoms with van der Waals surface area (Å²) in [5.41, 5.74) is -0.751. The number of Topliss-reactive ketones (excluding diaryl/α,β-unsaturated/α-hetero) is 1. The SMILES string of the molecule is CCCCn1nc(C(=O)OCC(=O)c2ccc(CNC(=O)C(C)(C)C)s2)c2ccccc2c1=O. The normalized spacial score (nSPS) is 11.4. The number of ketones is 1. The number of nitrogens with one attached hydrogen (secondary N) is 1.